The van der Waals surface area contributed by atoms with Crippen LogP contribution in [-0.2, 0) is 9.59 Å². The first-order chi connectivity index (χ1) is 8.20. The fourth-order valence-electron chi connectivity index (χ4n) is 2.32. The molecule has 0 amide bonds. The molecule has 0 aliphatic carbocycles. The van der Waals surface area contributed by atoms with Crippen molar-refractivity contribution in [3.8, 4) is 0 Å². The largest absolute Gasteiger partial charge is 1.00 e. The second-order valence-corrected chi connectivity index (χ2v) is 5.93. The molecule has 0 bridgehead atoms. The van der Waals surface area contributed by atoms with Crippen molar-refractivity contribution in [1.82, 2.24) is 0 Å². The number of hydrogen-bond donors (Lipinski definition) is 2. The van der Waals surface area contributed by atoms with Gasteiger partial charge in [0, 0.05) is 0 Å². The van der Waals surface area contributed by atoms with Gasteiger partial charge in [-0.2, -0.15) is 0 Å². The van der Waals surface area contributed by atoms with Crippen LogP contribution in [0.1, 0.15) is 69.1 Å². The number of carboxylic acid groups (broad SMARTS) is 2. The van der Waals surface area contributed by atoms with E-state index in [1.165, 1.54) is 0 Å². The summed E-state index contributed by atoms with van der Waals surface area (Å²) < 4.78 is 0. The molecule has 0 heterocycles. The van der Waals surface area contributed by atoms with E-state index in [0.29, 0.717) is 6.42 Å². The van der Waals surface area contributed by atoms with Gasteiger partial charge in [0.2, 0.25) is 0 Å². The van der Waals surface area contributed by atoms with Crippen molar-refractivity contribution in [1.29, 1.82) is 0 Å². The van der Waals surface area contributed by atoms with Gasteiger partial charge in [0.25, 0.3) is 0 Å². The van der Waals surface area contributed by atoms with Gasteiger partial charge >= 0.3 is 60.4 Å². The van der Waals surface area contributed by atoms with E-state index in [-0.39, 0.29) is 57.7 Å². The summed E-state index contributed by atoms with van der Waals surface area (Å²) in [6.45, 7) is 7.15. The van der Waals surface area contributed by atoms with E-state index in [9.17, 15) is 19.8 Å². The topological polar surface area (TPSA) is 74.6 Å². The molecule has 0 atom stereocenters. The Morgan fingerprint density at radius 1 is 0.950 bits per heavy atom. The van der Waals surface area contributed by atoms with E-state index >= 15 is 0 Å². The summed E-state index contributed by atoms with van der Waals surface area (Å²) in [5.41, 5.74) is -2.48. The first-order valence-electron chi connectivity index (χ1n) is 6.67. The van der Waals surface area contributed by atoms with Crippen molar-refractivity contribution in [3.63, 3.8) is 0 Å². The van der Waals surface area contributed by atoms with Crippen LogP contribution in [0, 0.1) is 10.8 Å². The summed E-state index contributed by atoms with van der Waals surface area (Å²) in [6, 6.07) is 0. The zero-order valence-electron chi connectivity index (χ0n) is 16.0. The van der Waals surface area contributed by atoms with E-state index in [1.54, 1.807) is 20.8 Å². The van der Waals surface area contributed by atoms with Crippen molar-refractivity contribution in [2.24, 2.45) is 10.8 Å². The minimum absolute atomic E-state index is 0. The number of unbranched alkanes of at least 4 members (excludes halogenated alkanes) is 4. The normalized spacial score (nSPS) is 11.2. The Morgan fingerprint density at radius 3 is 1.65 bits per heavy atom. The molecule has 0 fully saturated rings. The third-order valence-corrected chi connectivity index (χ3v) is 3.67. The number of carboxylic acids is 2. The molecule has 0 aromatic carbocycles. The van der Waals surface area contributed by atoms with Crippen LogP contribution in [0.3, 0.4) is 0 Å². The summed E-state index contributed by atoms with van der Waals surface area (Å²) in [5, 5.41) is 18.7. The Bertz CT molecular complexity index is 296. The van der Waals surface area contributed by atoms with E-state index in [0.717, 1.165) is 25.7 Å². The number of hydrogen-bond acceptors (Lipinski definition) is 2. The number of aliphatic carboxylic acids is 2. The predicted octanol–water partition coefficient (Wildman–Crippen LogP) is -2.22. The van der Waals surface area contributed by atoms with Gasteiger partial charge in [-0.1, -0.05) is 59.8 Å². The van der Waals surface area contributed by atoms with Gasteiger partial charge < -0.3 is 13.1 Å². The van der Waals surface area contributed by atoms with Crippen molar-refractivity contribution >= 4 is 11.9 Å². The van der Waals surface area contributed by atoms with Gasteiger partial charge in [0.15, 0.2) is 5.41 Å². The quantitative estimate of drug-likeness (QED) is 0.302. The summed E-state index contributed by atoms with van der Waals surface area (Å²) in [4.78, 5) is 22.9. The van der Waals surface area contributed by atoms with Crippen LogP contribution >= 0.6 is 0 Å². The van der Waals surface area contributed by atoms with Crippen LogP contribution in [0.5, 0.6) is 0 Å². The average molecular weight is 290 g/mol. The molecule has 110 valence electrons. The van der Waals surface area contributed by atoms with Crippen molar-refractivity contribution in [3.05, 3.63) is 0 Å². The number of carbonyl (C=O) groups is 2. The summed E-state index contributed by atoms with van der Waals surface area (Å²) in [5.74, 6) is -2.45. The monoisotopic (exact) mass is 290 g/mol. The minimum Gasteiger partial charge on any atom is -1.00 e. The SMILES string of the molecule is CCCCCCCC(C(=O)O)(C(=O)O)C(C)(C)C.[H-].[H-].[Li+].[Na+]. The molecule has 0 aliphatic rings. The fourth-order valence-corrected chi connectivity index (χ4v) is 2.32. The van der Waals surface area contributed by atoms with Gasteiger partial charge in [-0.15, -0.1) is 0 Å². The Hall–Kier alpha value is 0.537. The standard InChI is InChI=1S/C14H26O4.Li.Na.2H/c1-5-6-7-8-9-10-14(11(15)16,12(17)18)13(2,3)4;;;;/h5-10H2,1-4H3,(H,15,16)(H,17,18);;;;/q;2*+1;2*-1. The van der Waals surface area contributed by atoms with Crippen LogP contribution in [0.4, 0.5) is 0 Å². The fraction of sp³-hybridized carbons (Fsp3) is 0.857. The molecule has 0 aromatic heterocycles. The molecule has 0 rings (SSSR count). The molecule has 0 aromatic rings. The Labute approximate surface area is 159 Å². The van der Waals surface area contributed by atoms with Crippen LogP contribution in [0.2, 0.25) is 0 Å². The molecule has 6 heteroatoms. The van der Waals surface area contributed by atoms with Crippen LogP contribution in [-0.4, -0.2) is 22.2 Å². The van der Waals surface area contributed by atoms with Crippen molar-refractivity contribution in [2.45, 2.75) is 66.2 Å². The Balaban J connectivity index is -0.000000241. The third kappa shape index (κ3) is 6.53. The molecule has 20 heavy (non-hydrogen) atoms. The van der Waals surface area contributed by atoms with Crippen molar-refractivity contribution in [2.75, 3.05) is 0 Å². The molecular formula is C14H28LiNaO4. The maximum Gasteiger partial charge on any atom is 1.00 e. The van der Waals surface area contributed by atoms with Gasteiger partial charge in [0.05, 0.1) is 0 Å². The summed E-state index contributed by atoms with van der Waals surface area (Å²) in [6.07, 6.45) is 5.01. The first kappa shape index (κ1) is 25.5. The zero-order valence-corrected chi connectivity index (χ0v) is 16.0. The Kier molecular flexibility index (Phi) is 14.2. The Morgan fingerprint density at radius 2 is 1.35 bits per heavy atom. The molecule has 4 nitrogen and oxygen atoms in total. The maximum atomic E-state index is 11.4. The van der Waals surface area contributed by atoms with Crippen molar-refractivity contribution < 1.29 is 71.1 Å². The van der Waals surface area contributed by atoms with Crippen LogP contribution in [0.25, 0.3) is 0 Å². The average Bonchev–Trinajstić information content (AvgIpc) is 2.20. The van der Waals surface area contributed by atoms with Crippen LogP contribution in [0.15, 0.2) is 0 Å². The predicted molar refractivity (Wildman–Crippen MR) is 72.8 cm³/mol. The summed E-state index contributed by atoms with van der Waals surface area (Å²) >= 11 is 0. The van der Waals surface area contributed by atoms with Crippen LogP contribution < -0.4 is 48.4 Å². The second kappa shape index (κ2) is 11.2. The maximum absolute atomic E-state index is 11.4. The number of rotatable bonds is 8. The van der Waals surface area contributed by atoms with Gasteiger partial charge in [-0.05, 0) is 11.8 Å². The van der Waals surface area contributed by atoms with E-state index in [2.05, 4.69) is 6.92 Å². The minimum atomic E-state index is -1.68. The van der Waals surface area contributed by atoms with E-state index in [1.807, 2.05) is 0 Å². The molecule has 0 aliphatic heterocycles. The van der Waals surface area contributed by atoms with Gasteiger partial charge in [0.1, 0.15) is 0 Å². The molecule has 0 saturated carbocycles. The molecule has 0 unspecified atom stereocenters. The molecule has 0 radical (unpaired) electrons. The second-order valence-electron chi connectivity index (χ2n) is 5.93. The molecular weight excluding hydrogens is 262 g/mol. The summed E-state index contributed by atoms with van der Waals surface area (Å²) in [7, 11) is 0. The van der Waals surface area contributed by atoms with Gasteiger partial charge in [-0.3, -0.25) is 9.59 Å². The third-order valence-electron chi connectivity index (χ3n) is 3.67. The first-order valence-corrected chi connectivity index (χ1v) is 6.67. The molecule has 0 spiro atoms. The molecule has 0 saturated heterocycles. The molecule has 2 N–H and O–H groups in total. The smallest absolute Gasteiger partial charge is 1.00 e. The van der Waals surface area contributed by atoms with E-state index in [4.69, 9.17) is 0 Å². The zero-order chi connectivity index (χ0) is 14.4. The van der Waals surface area contributed by atoms with Gasteiger partial charge in [-0.25, -0.2) is 0 Å². The van der Waals surface area contributed by atoms with E-state index < -0.39 is 22.8 Å².